The molecule has 84 valence electrons. The zero-order chi connectivity index (χ0) is 11.1. The smallest absolute Gasteiger partial charge is 0.311 e. The van der Waals surface area contributed by atoms with E-state index >= 15 is 0 Å². The Labute approximate surface area is 89.3 Å². The molecular formula is C11H17NO3. The van der Waals surface area contributed by atoms with Crippen molar-refractivity contribution < 1.29 is 14.7 Å². The molecule has 1 aliphatic heterocycles. The average Bonchev–Trinajstić information content (AvgIpc) is 2.24. The molecule has 4 heteroatoms. The maximum absolute atomic E-state index is 11.5. The maximum atomic E-state index is 11.5. The summed E-state index contributed by atoms with van der Waals surface area (Å²) in [5.74, 6) is -0.620. The highest BCUT2D eigenvalue weighted by molar-refractivity contribution is 5.83. The van der Waals surface area contributed by atoms with Crippen molar-refractivity contribution in [2.45, 2.75) is 44.6 Å². The monoisotopic (exact) mass is 211 g/mol. The average molecular weight is 211 g/mol. The van der Waals surface area contributed by atoms with E-state index in [1.54, 1.807) is 11.9 Å². The quantitative estimate of drug-likeness (QED) is 0.710. The molecule has 1 saturated carbocycles. The number of carbonyl (C=O) groups excluding carboxylic acids is 1. The van der Waals surface area contributed by atoms with E-state index in [-0.39, 0.29) is 11.9 Å². The summed E-state index contributed by atoms with van der Waals surface area (Å²) in [6.45, 7) is 0. The van der Waals surface area contributed by atoms with Gasteiger partial charge in [-0.1, -0.05) is 12.8 Å². The van der Waals surface area contributed by atoms with Gasteiger partial charge in [0.25, 0.3) is 0 Å². The van der Waals surface area contributed by atoms with Gasteiger partial charge in [0, 0.05) is 19.5 Å². The number of amides is 1. The number of nitrogens with zero attached hydrogens (tertiary/aromatic N) is 1. The van der Waals surface area contributed by atoms with E-state index in [1.165, 1.54) is 0 Å². The van der Waals surface area contributed by atoms with Crippen LogP contribution in [-0.4, -0.2) is 35.0 Å². The minimum absolute atomic E-state index is 0.0787. The fourth-order valence-electron chi connectivity index (χ4n) is 3.11. The van der Waals surface area contributed by atoms with Gasteiger partial charge in [0.2, 0.25) is 5.91 Å². The third-order valence-corrected chi connectivity index (χ3v) is 4.06. The third kappa shape index (κ3) is 1.43. The van der Waals surface area contributed by atoms with Crippen LogP contribution in [0, 0.1) is 5.41 Å². The summed E-state index contributed by atoms with van der Waals surface area (Å²) < 4.78 is 0. The van der Waals surface area contributed by atoms with E-state index in [0.29, 0.717) is 12.8 Å². The topological polar surface area (TPSA) is 57.6 Å². The normalized spacial score (nSPS) is 36.2. The molecule has 1 saturated heterocycles. The Bertz CT molecular complexity index is 302. The first-order chi connectivity index (χ1) is 7.08. The molecule has 1 N–H and O–H groups in total. The largest absolute Gasteiger partial charge is 0.481 e. The summed E-state index contributed by atoms with van der Waals surface area (Å²) in [4.78, 5) is 24.6. The molecule has 1 heterocycles. The van der Waals surface area contributed by atoms with Crippen LogP contribution in [-0.2, 0) is 9.59 Å². The lowest BCUT2D eigenvalue weighted by Crippen LogP contribution is -2.57. The van der Waals surface area contributed by atoms with Crippen LogP contribution < -0.4 is 0 Å². The fraction of sp³-hybridized carbons (Fsp3) is 0.818. The molecule has 2 rings (SSSR count). The van der Waals surface area contributed by atoms with Crippen LogP contribution in [0.1, 0.15) is 38.5 Å². The van der Waals surface area contributed by atoms with E-state index in [4.69, 9.17) is 0 Å². The van der Waals surface area contributed by atoms with Crippen LogP contribution in [0.4, 0.5) is 0 Å². The first kappa shape index (κ1) is 10.5. The molecule has 2 atom stereocenters. The van der Waals surface area contributed by atoms with Crippen LogP contribution in [0.3, 0.4) is 0 Å². The van der Waals surface area contributed by atoms with Crippen molar-refractivity contribution in [3.8, 4) is 0 Å². The summed E-state index contributed by atoms with van der Waals surface area (Å²) in [7, 11) is 1.75. The SMILES string of the molecule is CN1C(=O)CCC2(C(=O)O)CCCCC12. The van der Waals surface area contributed by atoms with E-state index in [2.05, 4.69) is 0 Å². The minimum Gasteiger partial charge on any atom is -0.481 e. The Morgan fingerprint density at radius 2 is 2.20 bits per heavy atom. The van der Waals surface area contributed by atoms with Crippen molar-refractivity contribution in [2.24, 2.45) is 5.41 Å². The Balaban J connectivity index is 2.32. The van der Waals surface area contributed by atoms with E-state index in [0.717, 1.165) is 25.7 Å². The molecule has 2 aliphatic rings. The lowest BCUT2D eigenvalue weighted by Gasteiger charge is -2.48. The Morgan fingerprint density at radius 3 is 2.87 bits per heavy atom. The van der Waals surface area contributed by atoms with Gasteiger partial charge in [-0.05, 0) is 19.3 Å². The molecule has 0 aromatic carbocycles. The number of fused-ring (bicyclic) bond motifs is 1. The number of likely N-dealkylation sites (tertiary alicyclic amines) is 1. The summed E-state index contributed by atoms with van der Waals surface area (Å²) in [5.41, 5.74) is -0.652. The van der Waals surface area contributed by atoms with Gasteiger partial charge >= 0.3 is 5.97 Å². The Kier molecular flexibility index (Phi) is 2.44. The fourth-order valence-corrected chi connectivity index (χ4v) is 3.11. The first-order valence-electron chi connectivity index (χ1n) is 5.57. The molecule has 0 spiro atoms. The lowest BCUT2D eigenvalue weighted by molar-refractivity contribution is -0.165. The number of carboxylic acids is 1. The molecule has 0 bridgehead atoms. The number of carbonyl (C=O) groups is 2. The lowest BCUT2D eigenvalue weighted by atomic mass is 9.65. The van der Waals surface area contributed by atoms with Crippen molar-refractivity contribution >= 4 is 11.9 Å². The van der Waals surface area contributed by atoms with Crippen LogP contribution in [0.5, 0.6) is 0 Å². The number of rotatable bonds is 1. The molecule has 15 heavy (non-hydrogen) atoms. The molecular weight excluding hydrogens is 194 g/mol. The minimum atomic E-state index is -0.716. The summed E-state index contributed by atoms with van der Waals surface area (Å²) in [5, 5.41) is 9.39. The van der Waals surface area contributed by atoms with Crippen LogP contribution in [0.2, 0.25) is 0 Å². The second-order valence-electron chi connectivity index (χ2n) is 4.73. The van der Waals surface area contributed by atoms with Gasteiger partial charge in [-0.2, -0.15) is 0 Å². The van der Waals surface area contributed by atoms with Gasteiger partial charge in [0.1, 0.15) is 0 Å². The second-order valence-corrected chi connectivity index (χ2v) is 4.73. The van der Waals surface area contributed by atoms with Crippen molar-refractivity contribution in [3.63, 3.8) is 0 Å². The predicted octanol–water partition coefficient (Wildman–Crippen LogP) is 1.25. The number of carboxylic acid groups (broad SMARTS) is 1. The van der Waals surface area contributed by atoms with Crippen molar-refractivity contribution in [2.75, 3.05) is 7.05 Å². The van der Waals surface area contributed by atoms with Gasteiger partial charge in [0.05, 0.1) is 5.41 Å². The summed E-state index contributed by atoms with van der Waals surface area (Å²) in [6.07, 6.45) is 4.50. The number of hydrogen-bond acceptors (Lipinski definition) is 2. The van der Waals surface area contributed by atoms with Gasteiger partial charge < -0.3 is 10.0 Å². The first-order valence-corrected chi connectivity index (χ1v) is 5.57. The van der Waals surface area contributed by atoms with Crippen molar-refractivity contribution in [1.82, 2.24) is 4.90 Å². The van der Waals surface area contributed by atoms with Crippen molar-refractivity contribution in [3.05, 3.63) is 0 Å². The standard InChI is InChI=1S/C11H17NO3/c1-12-8-4-2-3-6-11(8,10(14)15)7-5-9(12)13/h8H,2-7H2,1H3,(H,14,15). The Morgan fingerprint density at radius 1 is 1.47 bits per heavy atom. The van der Waals surface area contributed by atoms with E-state index in [1.807, 2.05) is 0 Å². The molecule has 2 unspecified atom stereocenters. The Hall–Kier alpha value is -1.06. The van der Waals surface area contributed by atoms with Gasteiger partial charge in [-0.25, -0.2) is 0 Å². The van der Waals surface area contributed by atoms with Crippen LogP contribution in [0.25, 0.3) is 0 Å². The molecule has 0 aromatic heterocycles. The third-order valence-electron chi connectivity index (χ3n) is 4.06. The predicted molar refractivity (Wildman–Crippen MR) is 54.3 cm³/mol. The zero-order valence-electron chi connectivity index (χ0n) is 9.03. The molecule has 2 fully saturated rings. The number of hydrogen-bond donors (Lipinski definition) is 1. The highest BCUT2D eigenvalue weighted by Crippen LogP contribution is 2.45. The van der Waals surface area contributed by atoms with E-state index < -0.39 is 11.4 Å². The van der Waals surface area contributed by atoms with E-state index in [9.17, 15) is 14.7 Å². The highest BCUT2D eigenvalue weighted by Gasteiger charge is 2.52. The molecule has 0 radical (unpaired) electrons. The second kappa shape index (κ2) is 3.51. The zero-order valence-corrected chi connectivity index (χ0v) is 9.03. The molecule has 0 aromatic rings. The maximum Gasteiger partial charge on any atom is 0.311 e. The number of aliphatic carboxylic acids is 1. The summed E-state index contributed by atoms with van der Waals surface area (Å²) >= 11 is 0. The van der Waals surface area contributed by atoms with Gasteiger partial charge in [-0.3, -0.25) is 9.59 Å². The van der Waals surface area contributed by atoms with Crippen molar-refractivity contribution in [1.29, 1.82) is 0 Å². The highest BCUT2D eigenvalue weighted by atomic mass is 16.4. The van der Waals surface area contributed by atoms with Gasteiger partial charge in [0.15, 0.2) is 0 Å². The summed E-state index contributed by atoms with van der Waals surface area (Å²) in [6, 6.07) is -0.0787. The van der Waals surface area contributed by atoms with Gasteiger partial charge in [-0.15, -0.1) is 0 Å². The molecule has 4 nitrogen and oxygen atoms in total. The number of piperidine rings is 1. The molecule has 1 amide bonds. The van der Waals surface area contributed by atoms with Crippen LogP contribution >= 0.6 is 0 Å². The van der Waals surface area contributed by atoms with Crippen LogP contribution in [0.15, 0.2) is 0 Å². The molecule has 1 aliphatic carbocycles.